The van der Waals surface area contributed by atoms with E-state index in [1.54, 1.807) is 0 Å². The quantitative estimate of drug-likeness (QED) is 0.827. The van der Waals surface area contributed by atoms with Gasteiger partial charge >= 0.3 is 0 Å². The summed E-state index contributed by atoms with van der Waals surface area (Å²) in [5.74, 6) is 0. The van der Waals surface area contributed by atoms with E-state index in [0.717, 1.165) is 31.7 Å². The van der Waals surface area contributed by atoms with Crippen molar-refractivity contribution in [3.63, 3.8) is 0 Å². The first-order chi connectivity index (χ1) is 9.22. The topological polar surface area (TPSA) is 29.3 Å². The number of hydrogen-bond acceptors (Lipinski definition) is 2. The van der Waals surface area contributed by atoms with Crippen LogP contribution in [0.15, 0.2) is 46.9 Å². The Morgan fingerprint density at radius 2 is 1.95 bits per heavy atom. The molecule has 0 amide bonds. The lowest BCUT2D eigenvalue weighted by atomic mass is 9.99. The summed E-state index contributed by atoms with van der Waals surface area (Å²) in [7, 11) is 0. The van der Waals surface area contributed by atoms with Gasteiger partial charge in [0.2, 0.25) is 0 Å². The van der Waals surface area contributed by atoms with Gasteiger partial charge in [-0.1, -0.05) is 40.2 Å². The molecule has 0 saturated carbocycles. The van der Waals surface area contributed by atoms with Crippen molar-refractivity contribution >= 4 is 34.0 Å². The highest BCUT2D eigenvalue weighted by Crippen LogP contribution is 2.27. The summed E-state index contributed by atoms with van der Waals surface area (Å²) in [6, 6.07) is 14.7. The van der Waals surface area contributed by atoms with Crippen LogP contribution in [0.25, 0.3) is 0 Å². The van der Waals surface area contributed by atoms with Crippen molar-refractivity contribution in [3.05, 3.63) is 63.6 Å². The number of halogens is 2. The van der Waals surface area contributed by atoms with Crippen molar-refractivity contribution in [2.24, 2.45) is 0 Å². The van der Waals surface area contributed by atoms with Gasteiger partial charge in [0, 0.05) is 29.8 Å². The molecule has 2 N–H and O–H groups in total. The molecule has 1 aliphatic heterocycles. The standard InChI is InChI=1S/C16H17BrN2.ClH/c17-16-6-2-4-13-11-19(8-7-15(13)16)10-12-3-1-5-14(18)9-12;/h1-6,9H,7-8,10-11,18H2;1H. The molecule has 2 aromatic carbocycles. The largest absolute Gasteiger partial charge is 0.399 e. The van der Waals surface area contributed by atoms with Crippen LogP contribution in [-0.2, 0) is 19.5 Å². The van der Waals surface area contributed by atoms with Gasteiger partial charge in [-0.15, -0.1) is 12.4 Å². The molecule has 3 rings (SSSR count). The number of nitrogens with zero attached hydrogens (tertiary/aromatic N) is 1. The van der Waals surface area contributed by atoms with Crippen molar-refractivity contribution < 1.29 is 0 Å². The second kappa shape index (κ2) is 6.61. The van der Waals surface area contributed by atoms with Gasteiger partial charge < -0.3 is 5.73 Å². The van der Waals surface area contributed by atoms with Gasteiger partial charge in [-0.2, -0.15) is 0 Å². The summed E-state index contributed by atoms with van der Waals surface area (Å²) in [5, 5.41) is 0. The van der Waals surface area contributed by atoms with Gasteiger partial charge in [0.1, 0.15) is 0 Å². The molecular weight excluding hydrogens is 336 g/mol. The first kappa shape index (κ1) is 15.4. The van der Waals surface area contributed by atoms with E-state index in [1.807, 2.05) is 12.1 Å². The van der Waals surface area contributed by atoms with Crippen LogP contribution in [0.4, 0.5) is 5.69 Å². The van der Waals surface area contributed by atoms with Crippen LogP contribution in [0.5, 0.6) is 0 Å². The molecule has 20 heavy (non-hydrogen) atoms. The number of fused-ring (bicyclic) bond motifs is 1. The summed E-state index contributed by atoms with van der Waals surface area (Å²) >= 11 is 3.64. The summed E-state index contributed by atoms with van der Waals surface area (Å²) in [6.07, 6.45) is 1.11. The Balaban J connectivity index is 0.00000147. The minimum Gasteiger partial charge on any atom is -0.399 e. The molecule has 4 heteroatoms. The minimum absolute atomic E-state index is 0. The summed E-state index contributed by atoms with van der Waals surface area (Å²) < 4.78 is 1.24. The maximum atomic E-state index is 5.84. The molecule has 0 radical (unpaired) electrons. The summed E-state index contributed by atoms with van der Waals surface area (Å²) in [4.78, 5) is 2.48. The Hall–Kier alpha value is -1.03. The van der Waals surface area contributed by atoms with Crippen LogP contribution in [0, 0.1) is 0 Å². The molecule has 2 aromatic rings. The zero-order chi connectivity index (χ0) is 13.2. The van der Waals surface area contributed by atoms with E-state index in [4.69, 9.17) is 5.73 Å². The molecule has 2 nitrogen and oxygen atoms in total. The SMILES string of the molecule is Cl.Nc1cccc(CN2CCc3c(Br)cccc3C2)c1. The Morgan fingerprint density at radius 3 is 2.75 bits per heavy atom. The third-order valence-electron chi connectivity index (χ3n) is 3.65. The van der Waals surface area contributed by atoms with Gasteiger partial charge in [-0.05, 0) is 41.3 Å². The third kappa shape index (κ3) is 3.35. The smallest absolute Gasteiger partial charge is 0.0317 e. The number of nitrogen functional groups attached to an aromatic ring is 1. The lowest BCUT2D eigenvalue weighted by Crippen LogP contribution is -2.30. The maximum Gasteiger partial charge on any atom is 0.0317 e. The van der Waals surface area contributed by atoms with Gasteiger partial charge in [0.15, 0.2) is 0 Å². The molecule has 0 fully saturated rings. The van der Waals surface area contributed by atoms with E-state index in [0.29, 0.717) is 0 Å². The van der Waals surface area contributed by atoms with E-state index >= 15 is 0 Å². The number of hydrogen-bond donors (Lipinski definition) is 1. The van der Waals surface area contributed by atoms with Crippen molar-refractivity contribution in [2.45, 2.75) is 19.5 Å². The molecule has 0 aliphatic carbocycles. The Morgan fingerprint density at radius 1 is 1.15 bits per heavy atom. The Bertz CT molecular complexity index is 601. The highest BCUT2D eigenvalue weighted by molar-refractivity contribution is 9.10. The lowest BCUT2D eigenvalue weighted by molar-refractivity contribution is 0.245. The second-order valence-electron chi connectivity index (χ2n) is 5.08. The Labute approximate surface area is 134 Å². The molecule has 106 valence electrons. The monoisotopic (exact) mass is 352 g/mol. The summed E-state index contributed by atoms with van der Waals surface area (Å²) in [6.45, 7) is 3.09. The molecule has 0 unspecified atom stereocenters. The molecular formula is C16H18BrClN2. The highest BCUT2D eigenvalue weighted by Gasteiger charge is 2.17. The maximum absolute atomic E-state index is 5.84. The van der Waals surface area contributed by atoms with Crippen LogP contribution in [0.1, 0.15) is 16.7 Å². The number of rotatable bonds is 2. The number of nitrogens with two attached hydrogens (primary N) is 1. The van der Waals surface area contributed by atoms with Crippen LogP contribution < -0.4 is 5.73 Å². The Kier molecular flexibility index (Phi) is 5.08. The molecule has 0 spiro atoms. The second-order valence-corrected chi connectivity index (χ2v) is 5.94. The molecule has 1 heterocycles. The van der Waals surface area contributed by atoms with Crippen molar-refractivity contribution in [2.75, 3.05) is 12.3 Å². The van der Waals surface area contributed by atoms with Crippen molar-refractivity contribution in [1.29, 1.82) is 0 Å². The van der Waals surface area contributed by atoms with E-state index in [1.165, 1.54) is 21.2 Å². The first-order valence-corrected chi connectivity index (χ1v) is 7.35. The average Bonchev–Trinajstić information content (AvgIpc) is 2.39. The van der Waals surface area contributed by atoms with Crippen LogP contribution in [0.3, 0.4) is 0 Å². The number of anilines is 1. The molecule has 0 saturated heterocycles. The van der Waals surface area contributed by atoms with Crippen LogP contribution >= 0.6 is 28.3 Å². The fourth-order valence-corrected chi connectivity index (χ4v) is 3.31. The number of benzene rings is 2. The van der Waals surface area contributed by atoms with Crippen LogP contribution in [-0.4, -0.2) is 11.4 Å². The first-order valence-electron chi connectivity index (χ1n) is 6.55. The third-order valence-corrected chi connectivity index (χ3v) is 4.39. The molecule has 1 aliphatic rings. The van der Waals surface area contributed by atoms with Gasteiger partial charge in [0.05, 0.1) is 0 Å². The minimum atomic E-state index is 0. The van der Waals surface area contributed by atoms with Gasteiger partial charge in [0.25, 0.3) is 0 Å². The normalized spacial score (nSPS) is 14.4. The lowest BCUT2D eigenvalue weighted by Gasteiger charge is -2.29. The fourth-order valence-electron chi connectivity index (χ4n) is 2.71. The van der Waals surface area contributed by atoms with E-state index in [-0.39, 0.29) is 12.4 Å². The highest BCUT2D eigenvalue weighted by atomic mass is 79.9. The molecule has 0 atom stereocenters. The van der Waals surface area contributed by atoms with Gasteiger partial charge in [-0.3, -0.25) is 4.90 Å². The predicted molar refractivity (Wildman–Crippen MR) is 90.1 cm³/mol. The molecule has 0 bridgehead atoms. The predicted octanol–water partition coefficient (Wildman–Crippen LogP) is 4.01. The van der Waals surface area contributed by atoms with Gasteiger partial charge in [-0.25, -0.2) is 0 Å². The van der Waals surface area contributed by atoms with E-state index in [9.17, 15) is 0 Å². The zero-order valence-corrected chi connectivity index (χ0v) is 13.6. The van der Waals surface area contributed by atoms with Crippen molar-refractivity contribution in [1.82, 2.24) is 4.90 Å². The average molecular weight is 354 g/mol. The molecule has 0 aromatic heterocycles. The zero-order valence-electron chi connectivity index (χ0n) is 11.2. The van der Waals surface area contributed by atoms with E-state index in [2.05, 4.69) is 51.2 Å². The summed E-state index contributed by atoms with van der Waals surface area (Å²) in [5.41, 5.74) is 10.9. The fraction of sp³-hybridized carbons (Fsp3) is 0.250. The van der Waals surface area contributed by atoms with E-state index < -0.39 is 0 Å². The van der Waals surface area contributed by atoms with Crippen molar-refractivity contribution in [3.8, 4) is 0 Å². The van der Waals surface area contributed by atoms with Crippen LogP contribution in [0.2, 0.25) is 0 Å².